The van der Waals surface area contributed by atoms with Crippen molar-refractivity contribution in [3.8, 4) is 0 Å². The normalized spacial score (nSPS) is 19.0. The lowest BCUT2D eigenvalue weighted by Gasteiger charge is -2.29. The molecular formula is C20H18F3IN4O2. The molecule has 0 aliphatic carbocycles. The molecule has 0 radical (unpaired) electrons. The van der Waals surface area contributed by atoms with Gasteiger partial charge >= 0.3 is 12.2 Å². The highest BCUT2D eigenvalue weighted by molar-refractivity contribution is 14.1. The number of hydrazone groups is 1. The lowest BCUT2D eigenvalue weighted by Crippen LogP contribution is -2.44. The summed E-state index contributed by atoms with van der Waals surface area (Å²) in [5, 5.41) is 9.11. The Bertz CT molecular complexity index is 1010. The van der Waals surface area contributed by atoms with Crippen LogP contribution in [0.2, 0.25) is 0 Å². The van der Waals surface area contributed by atoms with E-state index in [1.165, 1.54) is 12.1 Å². The summed E-state index contributed by atoms with van der Waals surface area (Å²) in [6, 6.07) is 10.6. The predicted octanol–water partition coefficient (Wildman–Crippen LogP) is 5.01. The molecule has 0 aromatic heterocycles. The topological polar surface area (TPSA) is 82.6 Å². The van der Waals surface area contributed by atoms with Gasteiger partial charge in [0.25, 0.3) is 0 Å². The third kappa shape index (κ3) is 5.10. The Balaban J connectivity index is 1.72. The maximum Gasteiger partial charge on any atom is 0.416 e. The van der Waals surface area contributed by atoms with Crippen LogP contribution in [0, 0.1) is 5.41 Å². The molecule has 158 valence electrons. The molecule has 2 aromatic rings. The average molecular weight is 530 g/mol. The van der Waals surface area contributed by atoms with Gasteiger partial charge in [-0.1, -0.05) is 40.8 Å². The van der Waals surface area contributed by atoms with Crippen molar-refractivity contribution >= 4 is 51.6 Å². The van der Waals surface area contributed by atoms with Gasteiger partial charge in [0.05, 0.1) is 16.7 Å². The number of amides is 3. The zero-order valence-electron chi connectivity index (χ0n) is 15.8. The van der Waals surface area contributed by atoms with E-state index in [9.17, 15) is 22.8 Å². The van der Waals surface area contributed by atoms with E-state index in [2.05, 4.69) is 43.8 Å². The largest absolute Gasteiger partial charge is 0.416 e. The first-order valence-electron chi connectivity index (χ1n) is 8.89. The molecule has 1 heterocycles. The van der Waals surface area contributed by atoms with E-state index >= 15 is 0 Å². The highest BCUT2D eigenvalue weighted by Crippen LogP contribution is 2.31. The number of urea groups is 1. The Kier molecular flexibility index (Phi) is 6.34. The van der Waals surface area contributed by atoms with Crippen LogP contribution in [0.1, 0.15) is 24.5 Å². The average Bonchev–Trinajstić information content (AvgIpc) is 2.70. The molecule has 6 nitrogen and oxygen atoms in total. The molecule has 30 heavy (non-hydrogen) atoms. The lowest BCUT2D eigenvalue weighted by molar-refractivity contribution is -0.137. The Morgan fingerprint density at radius 2 is 1.80 bits per heavy atom. The molecule has 3 rings (SSSR count). The number of hydrogen-bond acceptors (Lipinski definition) is 3. The molecule has 3 N–H and O–H groups in total. The highest BCUT2D eigenvalue weighted by Gasteiger charge is 2.37. The van der Waals surface area contributed by atoms with Gasteiger partial charge in [0, 0.05) is 22.2 Å². The zero-order valence-corrected chi connectivity index (χ0v) is 18.0. The van der Waals surface area contributed by atoms with E-state index in [1.54, 1.807) is 24.3 Å². The van der Waals surface area contributed by atoms with E-state index in [0.717, 1.165) is 17.7 Å². The third-order valence-corrected chi connectivity index (χ3v) is 6.28. The van der Waals surface area contributed by atoms with Crippen LogP contribution in [0.5, 0.6) is 0 Å². The van der Waals surface area contributed by atoms with Crippen molar-refractivity contribution in [1.82, 2.24) is 5.43 Å². The maximum absolute atomic E-state index is 12.8. The minimum Gasteiger partial charge on any atom is -0.308 e. The van der Waals surface area contributed by atoms with Gasteiger partial charge in [0.15, 0.2) is 0 Å². The summed E-state index contributed by atoms with van der Waals surface area (Å²) in [5.74, 6) is -0.143. The lowest BCUT2D eigenvalue weighted by atomic mass is 9.83. The predicted molar refractivity (Wildman–Crippen MR) is 117 cm³/mol. The van der Waals surface area contributed by atoms with Crippen LogP contribution in [-0.2, 0) is 11.0 Å². The highest BCUT2D eigenvalue weighted by atomic mass is 127. The molecule has 0 spiro atoms. The summed E-state index contributed by atoms with van der Waals surface area (Å²) in [5.41, 5.74) is 2.97. The molecule has 10 heteroatoms. The number of nitrogens with one attached hydrogen (secondary N) is 3. The first kappa shape index (κ1) is 22.1. The summed E-state index contributed by atoms with van der Waals surface area (Å²) in [6.45, 7) is 1.86. The number of halogens is 4. The van der Waals surface area contributed by atoms with E-state index in [0.29, 0.717) is 22.2 Å². The van der Waals surface area contributed by atoms with Crippen molar-refractivity contribution in [3.05, 3.63) is 59.7 Å². The van der Waals surface area contributed by atoms with Crippen molar-refractivity contribution in [2.45, 2.75) is 19.5 Å². The Labute approximate surface area is 184 Å². The van der Waals surface area contributed by atoms with Crippen molar-refractivity contribution in [3.63, 3.8) is 0 Å². The summed E-state index contributed by atoms with van der Waals surface area (Å²) in [4.78, 5) is 24.3. The number of nitrogens with zero attached hydrogens (tertiary/aromatic N) is 1. The molecule has 0 fully saturated rings. The molecule has 0 bridgehead atoms. The minimum atomic E-state index is -4.49. The van der Waals surface area contributed by atoms with Gasteiger partial charge in [0.1, 0.15) is 0 Å². The van der Waals surface area contributed by atoms with Gasteiger partial charge in [-0.15, -0.1) is 0 Å². The minimum absolute atomic E-state index is 0.0238. The molecule has 3 amide bonds. The quantitative estimate of drug-likeness (QED) is 0.384. The van der Waals surface area contributed by atoms with Crippen molar-refractivity contribution in [2.75, 3.05) is 15.1 Å². The van der Waals surface area contributed by atoms with Crippen molar-refractivity contribution in [2.24, 2.45) is 10.5 Å². The number of rotatable bonds is 4. The van der Waals surface area contributed by atoms with Crippen LogP contribution >= 0.6 is 22.6 Å². The summed E-state index contributed by atoms with van der Waals surface area (Å²) < 4.78 is 39.1. The van der Waals surface area contributed by atoms with Crippen LogP contribution < -0.4 is 16.1 Å². The molecular weight excluding hydrogens is 512 g/mol. The second kappa shape index (κ2) is 8.62. The Hall–Kier alpha value is -2.63. The summed E-state index contributed by atoms with van der Waals surface area (Å²) in [6.07, 6.45) is -4.05. The Morgan fingerprint density at radius 3 is 2.43 bits per heavy atom. The second-order valence-electron chi connectivity index (χ2n) is 7.11. The van der Waals surface area contributed by atoms with Crippen LogP contribution in [0.15, 0.2) is 53.6 Å². The second-order valence-corrected chi connectivity index (χ2v) is 7.87. The molecule has 2 aromatic carbocycles. The van der Waals surface area contributed by atoms with Gasteiger partial charge in [-0.05, 0) is 42.8 Å². The monoisotopic (exact) mass is 530 g/mol. The number of anilines is 2. The third-order valence-electron chi connectivity index (χ3n) is 4.59. The number of hydrogen-bond donors (Lipinski definition) is 3. The van der Waals surface area contributed by atoms with Gasteiger partial charge in [-0.3, -0.25) is 4.79 Å². The standard InChI is InChI=1S/C20H18F3IN4O2/c1-19(11-24)10-16(27-28-17(19)29)12-4-2-6-14(8-12)25-18(30)26-15-7-3-5-13(9-15)20(21,22)23/h2-9H,10-11H2,1H3,(H,28,29)(H2,25,26,30). The van der Waals surface area contributed by atoms with Crippen molar-refractivity contribution in [1.29, 1.82) is 0 Å². The molecule has 0 saturated carbocycles. The molecule has 0 saturated heterocycles. The molecule has 1 atom stereocenters. The number of carbonyl (C=O) groups excluding carboxylic acids is 2. The molecule has 1 aliphatic rings. The molecule has 1 unspecified atom stereocenters. The SMILES string of the molecule is CC1(CI)CC(c2cccc(NC(=O)Nc3cccc(C(F)(F)F)c3)c2)=NNC1=O. The summed E-state index contributed by atoms with van der Waals surface area (Å²) in [7, 11) is 0. The Morgan fingerprint density at radius 1 is 1.17 bits per heavy atom. The van der Waals surface area contributed by atoms with E-state index in [-0.39, 0.29) is 11.6 Å². The molecule has 1 aliphatic heterocycles. The van der Waals surface area contributed by atoms with Crippen LogP contribution in [-0.4, -0.2) is 22.1 Å². The summed E-state index contributed by atoms with van der Waals surface area (Å²) >= 11 is 2.16. The van der Waals surface area contributed by atoms with E-state index in [1.807, 2.05) is 6.92 Å². The first-order chi connectivity index (χ1) is 14.1. The van der Waals surface area contributed by atoms with Gasteiger partial charge in [-0.2, -0.15) is 18.3 Å². The fourth-order valence-corrected chi connectivity index (χ4v) is 3.48. The first-order valence-corrected chi connectivity index (χ1v) is 10.4. The van der Waals surface area contributed by atoms with E-state index in [4.69, 9.17) is 0 Å². The number of carbonyl (C=O) groups is 2. The number of benzene rings is 2. The fraction of sp³-hybridized carbons (Fsp3) is 0.250. The van der Waals surface area contributed by atoms with Gasteiger partial charge in [0.2, 0.25) is 5.91 Å². The van der Waals surface area contributed by atoms with Crippen LogP contribution in [0.25, 0.3) is 0 Å². The van der Waals surface area contributed by atoms with Gasteiger partial charge < -0.3 is 10.6 Å². The van der Waals surface area contributed by atoms with Crippen molar-refractivity contribution < 1.29 is 22.8 Å². The fourth-order valence-electron chi connectivity index (χ4n) is 2.86. The van der Waals surface area contributed by atoms with Crippen LogP contribution in [0.4, 0.5) is 29.3 Å². The van der Waals surface area contributed by atoms with Gasteiger partial charge in [-0.25, -0.2) is 10.2 Å². The smallest absolute Gasteiger partial charge is 0.308 e. The van der Waals surface area contributed by atoms with Crippen LogP contribution in [0.3, 0.4) is 0 Å². The zero-order chi connectivity index (χ0) is 21.9. The maximum atomic E-state index is 12.8. The number of alkyl halides is 4. The van der Waals surface area contributed by atoms with E-state index < -0.39 is 23.2 Å².